The first-order valence-electron chi connectivity index (χ1n) is 5.24. The molecule has 0 amide bonds. The Morgan fingerprint density at radius 1 is 1.67 bits per heavy atom. The summed E-state index contributed by atoms with van der Waals surface area (Å²) in [7, 11) is 3.05. The molecule has 3 N–H and O–H groups in total. The van der Waals surface area contributed by atoms with Gasteiger partial charge in [0, 0.05) is 26.8 Å². The van der Waals surface area contributed by atoms with Crippen LogP contribution in [0.5, 0.6) is 0 Å². The van der Waals surface area contributed by atoms with Gasteiger partial charge in [-0.25, -0.2) is 4.98 Å². The number of aliphatic hydroxyl groups is 1. The smallest absolute Gasteiger partial charge is 0.311 e. The molecule has 0 saturated carbocycles. The molecule has 18 heavy (non-hydrogen) atoms. The van der Waals surface area contributed by atoms with Crippen LogP contribution >= 0.6 is 0 Å². The lowest BCUT2D eigenvalue weighted by Gasteiger charge is -2.21. The lowest BCUT2D eigenvalue weighted by Crippen LogP contribution is -2.32. The van der Waals surface area contributed by atoms with Crippen LogP contribution < -0.4 is 10.6 Å². The molecule has 0 aliphatic rings. The van der Waals surface area contributed by atoms with Crippen molar-refractivity contribution < 1.29 is 14.8 Å². The molecule has 1 aromatic rings. The average Bonchev–Trinajstić information content (AvgIpc) is 2.28. The zero-order chi connectivity index (χ0) is 13.7. The molecule has 1 rings (SSSR count). The van der Waals surface area contributed by atoms with Gasteiger partial charge in [-0.05, 0) is 6.07 Å². The number of methoxy groups -OCH3 is 1. The molecule has 0 aromatic carbocycles. The van der Waals surface area contributed by atoms with Crippen LogP contribution in [0.3, 0.4) is 0 Å². The molecule has 0 spiro atoms. The summed E-state index contributed by atoms with van der Waals surface area (Å²) in [6.07, 6.45) is -0.761. The van der Waals surface area contributed by atoms with E-state index in [9.17, 15) is 15.2 Å². The summed E-state index contributed by atoms with van der Waals surface area (Å²) in [6, 6.07) is 2.65. The summed E-state index contributed by atoms with van der Waals surface area (Å²) in [5.74, 6) is 0.304. The number of nitrogen functional groups attached to an aromatic ring is 1. The lowest BCUT2D eigenvalue weighted by atomic mass is 10.3. The number of pyridine rings is 1. The molecule has 1 unspecified atom stereocenters. The van der Waals surface area contributed by atoms with E-state index < -0.39 is 11.0 Å². The Labute approximate surface area is 104 Å². The molecule has 1 atom stereocenters. The largest absolute Gasteiger partial charge is 0.389 e. The third-order valence-electron chi connectivity index (χ3n) is 2.28. The quantitative estimate of drug-likeness (QED) is 0.544. The minimum atomic E-state index is -0.761. The van der Waals surface area contributed by atoms with Crippen LogP contribution in [0, 0.1) is 10.1 Å². The maximum atomic E-state index is 10.9. The Hall–Kier alpha value is -1.93. The predicted molar refractivity (Wildman–Crippen MR) is 66.5 cm³/mol. The monoisotopic (exact) mass is 256 g/mol. The fourth-order valence-electron chi connectivity index (χ4n) is 1.53. The summed E-state index contributed by atoms with van der Waals surface area (Å²) >= 11 is 0. The Bertz CT molecular complexity index is 426. The Morgan fingerprint density at radius 3 is 2.89 bits per heavy atom. The number of nitro groups is 1. The van der Waals surface area contributed by atoms with Crippen molar-refractivity contribution in [3.05, 3.63) is 22.2 Å². The average molecular weight is 256 g/mol. The zero-order valence-electron chi connectivity index (χ0n) is 10.2. The maximum Gasteiger partial charge on any atom is 0.311 e. The van der Waals surface area contributed by atoms with Gasteiger partial charge in [-0.15, -0.1) is 0 Å². The third kappa shape index (κ3) is 3.54. The van der Waals surface area contributed by atoms with Gasteiger partial charge >= 0.3 is 5.69 Å². The van der Waals surface area contributed by atoms with E-state index in [-0.39, 0.29) is 30.5 Å². The topological polar surface area (TPSA) is 115 Å². The minimum absolute atomic E-state index is 0.121. The van der Waals surface area contributed by atoms with Gasteiger partial charge in [-0.2, -0.15) is 0 Å². The van der Waals surface area contributed by atoms with Gasteiger partial charge < -0.3 is 20.5 Å². The van der Waals surface area contributed by atoms with Crippen molar-refractivity contribution in [3.8, 4) is 0 Å². The van der Waals surface area contributed by atoms with E-state index in [0.29, 0.717) is 0 Å². The molecule has 8 heteroatoms. The van der Waals surface area contributed by atoms with Crippen molar-refractivity contribution in [2.24, 2.45) is 0 Å². The van der Waals surface area contributed by atoms with E-state index in [1.54, 1.807) is 7.05 Å². The van der Waals surface area contributed by atoms with Crippen molar-refractivity contribution in [2.75, 3.05) is 37.9 Å². The summed E-state index contributed by atoms with van der Waals surface area (Å²) < 4.78 is 4.79. The third-order valence-corrected chi connectivity index (χ3v) is 2.28. The number of hydrogen-bond acceptors (Lipinski definition) is 7. The number of rotatable bonds is 6. The number of ether oxygens (including phenoxy) is 1. The number of nitrogens with zero attached hydrogens (tertiary/aromatic N) is 3. The molecule has 0 bridgehead atoms. The molecule has 0 saturated heterocycles. The molecule has 8 nitrogen and oxygen atoms in total. The van der Waals surface area contributed by atoms with Gasteiger partial charge in [0.2, 0.25) is 5.82 Å². The Morgan fingerprint density at radius 2 is 2.33 bits per heavy atom. The van der Waals surface area contributed by atoms with Crippen molar-refractivity contribution in [1.82, 2.24) is 4.98 Å². The molecule has 0 aliphatic carbocycles. The first kappa shape index (κ1) is 14.1. The van der Waals surface area contributed by atoms with E-state index in [1.165, 1.54) is 24.1 Å². The van der Waals surface area contributed by atoms with Gasteiger partial charge in [0.25, 0.3) is 0 Å². The van der Waals surface area contributed by atoms with Crippen molar-refractivity contribution >= 4 is 17.3 Å². The van der Waals surface area contributed by atoms with E-state index in [4.69, 9.17) is 10.5 Å². The van der Waals surface area contributed by atoms with Crippen molar-refractivity contribution in [3.63, 3.8) is 0 Å². The maximum absolute atomic E-state index is 10.9. The highest BCUT2D eigenvalue weighted by atomic mass is 16.6. The number of nitrogens with two attached hydrogens (primary N) is 1. The van der Waals surface area contributed by atoms with Crippen LogP contribution in [-0.4, -0.2) is 48.4 Å². The highest BCUT2D eigenvalue weighted by Crippen LogP contribution is 2.25. The molecular formula is C10H16N4O4. The van der Waals surface area contributed by atoms with Gasteiger partial charge in [0.1, 0.15) is 5.82 Å². The number of hydrogen-bond donors (Lipinski definition) is 2. The molecule has 0 fully saturated rings. The predicted octanol–water partition coefficient (Wildman–Crippen LogP) is 0.0155. The molecule has 0 radical (unpaired) electrons. The van der Waals surface area contributed by atoms with Gasteiger partial charge in [-0.3, -0.25) is 10.1 Å². The van der Waals surface area contributed by atoms with E-state index in [1.807, 2.05) is 0 Å². The SMILES string of the molecule is COCC(O)CN(C)c1nc(N)ccc1[N+](=O)[O-]. The fourth-order valence-corrected chi connectivity index (χ4v) is 1.53. The number of likely N-dealkylation sites (N-methyl/N-ethyl adjacent to an activating group) is 1. The van der Waals surface area contributed by atoms with Crippen molar-refractivity contribution in [1.29, 1.82) is 0 Å². The van der Waals surface area contributed by atoms with Crippen LogP contribution in [0.15, 0.2) is 12.1 Å². The highest BCUT2D eigenvalue weighted by Gasteiger charge is 2.20. The van der Waals surface area contributed by atoms with Crippen LogP contribution in [0.1, 0.15) is 0 Å². The summed E-state index contributed by atoms with van der Waals surface area (Å²) in [6.45, 7) is 0.297. The van der Waals surface area contributed by atoms with Gasteiger partial charge in [-0.1, -0.05) is 0 Å². The first-order valence-corrected chi connectivity index (χ1v) is 5.24. The molecular weight excluding hydrogens is 240 g/mol. The lowest BCUT2D eigenvalue weighted by molar-refractivity contribution is -0.384. The summed E-state index contributed by atoms with van der Waals surface area (Å²) in [5.41, 5.74) is 5.35. The van der Waals surface area contributed by atoms with Crippen molar-refractivity contribution in [2.45, 2.75) is 6.10 Å². The minimum Gasteiger partial charge on any atom is -0.389 e. The van der Waals surface area contributed by atoms with Gasteiger partial charge in [0.05, 0.1) is 17.6 Å². The highest BCUT2D eigenvalue weighted by molar-refractivity contribution is 5.60. The van der Waals surface area contributed by atoms with E-state index in [0.717, 1.165) is 0 Å². The molecule has 1 heterocycles. The van der Waals surface area contributed by atoms with Crippen LogP contribution in [-0.2, 0) is 4.74 Å². The molecule has 0 aliphatic heterocycles. The number of aliphatic hydroxyl groups excluding tert-OH is 1. The van der Waals surface area contributed by atoms with Gasteiger partial charge in [0.15, 0.2) is 0 Å². The van der Waals surface area contributed by atoms with E-state index in [2.05, 4.69) is 4.98 Å². The van der Waals surface area contributed by atoms with Crippen LogP contribution in [0.4, 0.5) is 17.3 Å². The standard InChI is InChI=1S/C10H16N4O4/c1-13(5-7(15)6-18-2)10-8(14(16)17)3-4-9(11)12-10/h3-4,7,15H,5-6H2,1-2H3,(H2,11,12). The molecule has 100 valence electrons. The molecule has 1 aromatic heterocycles. The Kier molecular flexibility index (Phi) is 4.81. The van der Waals surface area contributed by atoms with E-state index >= 15 is 0 Å². The fraction of sp³-hybridized carbons (Fsp3) is 0.500. The van der Waals surface area contributed by atoms with Crippen LogP contribution in [0.2, 0.25) is 0 Å². The normalized spacial score (nSPS) is 12.2. The zero-order valence-corrected chi connectivity index (χ0v) is 10.2. The first-order chi connectivity index (χ1) is 8.45. The van der Waals surface area contributed by atoms with Crippen LogP contribution in [0.25, 0.3) is 0 Å². The second-order valence-corrected chi connectivity index (χ2v) is 3.83. The summed E-state index contributed by atoms with van der Waals surface area (Å²) in [5, 5.41) is 20.4. The number of anilines is 2. The summed E-state index contributed by atoms with van der Waals surface area (Å²) in [4.78, 5) is 15.7. The second-order valence-electron chi connectivity index (χ2n) is 3.83. The second kappa shape index (κ2) is 6.12. The number of aromatic nitrogens is 1. The Balaban J connectivity index is 2.93.